The number of ether oxygens (including phenoxy) is 2. The summed E-state index contributed by atoms with van der Waals surface area (Å²) in [5.41, 5.74) is 1.07. The van der Waals surface area contributed by atoms with Gasteiger partial charge in [0.2, 0.25) is 11.8 Å². The Labute approximate surface area is 211 Å². The fourth-order valence-electron chi connectivity index (χ4n) is 5.54. The highest BCUT2D eigenvalue weighted by atomic mass is 16.5. The van der Waals surface area contributed by atoms with Crippen LogP contribution in [0.4, 0.5) is 0 Å². The van der Waals surface area contributed by atoms with Crippen molar-refractivity contribution in [2.24, 2.45) is 5.41 Å². The highest BCUT2D eigenvalue weighted by molar-refractivity contribution is 6.27. The molecule has 198 valence electrons. The second-order valence-corrected chi connectivity index (χ2v) is 9.75. The molecule has 10 heteroatoms. The van der Waals surface area contributed by atoms with Crippen LogP contribution in [0.25, 0.3) is 0 Å². The molecule has 2 amide bonds. The molecule has 1 atom stereocenters. The number of likely N-dealkylation sites (tertiary alicyclic amines) is 1. The molecule has 1 spiro atoms. The number of benzene rings is 1. The van der Waals surface area contributed by atoms with Crippen LogP contribution in [0, 0.1) is 5.41 Å². The van der Waals surface area contributed by atoms with Crippen molar-refractivity contribution in [1.82, 2.24) is 9.80 Å². The number of carbonyl (C=O) groups excluding carboxylic acids is 2. The summed E-state index contributed by atoms with van der Waals surface area (Å²) < 4.78 is 11.6. The number of hydrogen-bond acceptors (Lipinski definition) is 7. The minimum atomic E-state index is -1.82. The van der Waals surface area contributed by atoms with E-state index in [9.17, 15) is 9.59 Å². The third kappa shape index (κ3) is 6.54. The number of carboxylic acids is 2. The molecule has 0 aromatic heterocycles. The SMILES string of the molecule is CCCN(CCN1C(=O)CC2(CCCC2)CC1=O)C1COc2cccc(OC)c2C1.O=C(O)C(=O)O. The van der Waals surface area contributed by atoms with Crippen LogP contribution in [0.3, 0.4) is 0 Å². The van der Waals surface area contributed by atoms with E-state index in [0.717, 1.165) is 62.1 Å². The Morgan fingerprint density at radius 1 is 1.11 bits per heavy atom. The summed E-state index contributed by atoms with van der Waals surface area (Å²) in [6.07, 6.45) is 7.31. The van der Waals surface area contributed by atoms with Crippen molar-refractivity contribution in [3.8, 4) is 11.5 Å². The van der Waals surface area contributed by atoms with Crippen molar-refractivity contribution in [2.75, 3.05) is 33.4 Å². The maximum Gasteiger partial charge on any atom is 0.414 e. The number of rotatable bonds is 7. The smallest absolute Gasteiger partial charge is 0.414 e. The lowest BCUT2D eigenvalue weighted by molar-refractivity contribution is -0.159. The highest BCUT2D eigenvalue weighted by Crippen LogP contribution is 2.46. The van der Waals surface area contributed by atoms with Gasteiger partial charge in [0, 0.05) is 37.5 Å². The number of hydrogen-bond donors (Lipinski definition) is 2. The number of methoxy groups -OCH3 is 1. The van der Waals surface area contributed by atoms with Gasteiger partial charge in [-0.05, 0) is 49.8 Å². The van der Waals surface area contributed by atoms with Crippen LogP contribution in [0.15, 0.2) is 18.2 Å². The molecule has 1 unspecified atom stereocenters. The number of fused-ring (bicyclic) bond motifs is 1. The zero-order valence-electron chi connectivity index (χ0n) is 21.0. The Kier molecular flexibility index (Phi) is 9.31. The van der Waals surface area contributed by atoms with Crippen molar-refractivity contribution in [1.29, 1.82) is 0 Å². The molecule has 2 aliphatic heterocycles. The van der Waals surface area contributed by atoms with Gasteiger partial charge in [-0.15, -0.1) is 0 Å². The number of carbonyl (C=O) groups is 4. The van der Waals surface area contributed by atoms with Crippen molar-refractivity contribution in [2.45, 2.75) is 64.3 Å². The van der Waals surface area contributed by atoms with E-state index in [1.165, 1.54) is 4.90 Å². The van der Waals surface area contributed by atoms with E-state index < -0.39 is 11.9 Å². The van der Waals surface area contributed by atoms with Crippen LogP contribution in [-0.4, -0.2) is 83.2 Å². The Morgan fingerprint density at radius 3 is 2.31 bits per heavy atom. The first-order valence-electron chi connectivity index (χ1n) is 12.5. The molecular weight excluding hydrogens is 468 g/mol. The summed E-state index contributed by atoms with van der Waals surface area (Å²) in [5.74, 6) is -1.85. The Hall–Kier alpha value is -3.14. The summed E-state index contributed by atoms with van der Waals surface area (Å²) in [4.78, 5) is 47.7. The summed E-state index contributed by atoms with van der Waals surface area (Å²) in [5, 5.41) is 14.8. The van der Waals surface area contributed by atoms with Gasteiger partial charge < -0.3 is 19.7 Å². The molecule has 0 bridgehead atoms. The molecule has 1 aromatic rings. The van der Waals surface area contributed by atoms with Crippen molar-refractivity contribution in [3.63, 3.8) is 0 Å². The molecule has 36 heavy (non-hydrogen) atoms. The van der Waals surface area contributed by atoms with E-state index >= 15 is 0 Å². The largest absolute Gasteiger partial charge is 0.496 e. The minimum Gasteiger partial charge on any atom is -0.496 e. The summed E-state index contributed by atoms with van der Waals surface area (Å²) in [6, 6.07) is 6.12. The number of piperidine rings is 1. The molecule has 2 N–H and O–H groups in total. The first-order valence-corrected chi connectivity index (χ1v) is 12.5. The van der Waals surface area contributed by atoms with Crippen molar-refractivity contribution in [3.05, 3.63) is 23.8 Å². The van der Waals surface area contributed by atoms with Gasteiger partial charge >= 0.3 is 11.9 Å². The van der Waals surface area contributed by atoms with Gasteiger partial charge in [0.1, 0.15) is 18.1 Å². The van der Waals surface area contributed by atoms with Crippen LogP contribution in [-0.2, 0) is 25.6 Å². The van der Waals surface area contributed by atoms with E-state index in [0.29, 0.717) is 32.5 Å². The monoisotopic (exact) mass is 504 g/mol. The Balaban J connectivity index is 0.000000538. The number of nitrogens with zero attached hydrogens (tertiary/aromatic N) is 2. The van der Waals surface area contributed by atoms with Gasteiger partial charge in [0.05, 0.1) is 7.11 Å². The molecule has 1 aromatic carbocycles. The average Bonchev–Trinajstić information content (AvgIpc) is 3.29. The first kappa shape index (κ1) is 27.4. The molecule has 0 radical (unpaired) electrons. The summed E-state index contributed by atoms with van der Waals surface area (Å²) >= 11 is 0. The maximum absolute atomic E-state index is 12.8. The molecule has 1 saturated heterocycles. The normalized spacial score (nSPS) is 20.4. The zero-order chi connectivity index (χ0) is 26.3. The maximum atomic E-state index is 12.8. The zero-order valence-corrected chi connectivity index (χ0v) is 21.0. The lowest BCUT2D eigenvalue weighted by Crippen LogP contribution is -2.52. The number of imide groups is 1. The topological polar surface area (TPSA) is 134 Å². The third-order valence-electron chi connectivity index (χ3n) is 7.32. The van der Waals surface area contributed by atoms with E-state index in [4.69, 9.17) is 29.3 Å². The van der Waals surface area contributed by atoms with Crippen molar-refractivity contribution >= 4 is 23.8 Å². The Bertz CT molecular complexity index is 926. The average molecular weight is 505 g/mol. The van der Waals surface area contributed by atoms with Crippen LogP contribution in [0.2, 0.25) is 0 Å². The molecule has 1 saturated carbocycles. The minimum absolute atomic E-state index is 0.0245. The second kappa shape index (κ2) is 12.2. The molecule has 10 nitrogen and oxygen atoms in total. The fraction of sp³-hybridized carbons (Fsp3) is 0.615. The van der Waals surface area contributed by atoms with Gasteiger partial charge in [-0.1, -0.05) is 25.8 Å². The predicted molar refractivity (Wildman–Crippen MR) is 130 cm³/mol. The molecule has 2 heterocycles. The Morgan fingerprint density at radius 2 is 1.75 bits per heavy atom. The summed E-state index contributed by atoms with van der Waals surface area (Å²) in [6.45, 7) is 4.86. The second-order valence-electron chi connectivity index (χ2n) is 9.75. The van der Waals surface area contributed by atoms with E-state index in [-0.39, 0.29) is 23.3 Å². The lowest BCUT2D eigenvalue weighted by Gasteiger charge is -2.39. The molecule has 1 aliphatic carbocycles. The third-order valence-corrected chi connectivity index (χ3v) is 7.32. The van der Waals surface area contributed by atoms with E-state index in [1.807, 2.05) is 18.2 Å². The quantitative estimate of drug-likeness (QED) is 0.424. The van der Waals surface area contributed by atoms with Crippen molar-refractivity contribution < 1.29 is 38.9 Å². The lowest BCUT2D eigenvalue weighted by atomic mass is 9.76. The predicted octanol–water partition coefficient (Wildman–Crippen LogP) is 2.58. The van der Waals surface area contributed by atoms with Gasteiger partial charge in [-0.3, -0.25) is 19.4 Å². The number of aliphatic carboxylic acids is 2. The number of amides is 2. The highest BCUT2D eigenvalue weighted by Gasteiger charge is 2.45. The van der Waals surface area contributed by atoms with Crippen LogP contribution in [0.1, 0.15) is 57.4 Å². The van der Waals surface area contributed by atoms with Gasteiger partial charge in [0.25, 0.3) is 0 Å². The van der Waals surface area contributed by atoms with Crippen LogP contribution >= 0.6 is 0 Å². The van der Waals surface area contributed by atoms with Gasteiger partial charge in [-0.25, -0.2) is 9.59 Å². The standard InChI is InChI=1S/C24H34N2O4.C2H2O4/c1-3-11-25(18-14-19-20(29-2)7-6-8-21(19)30-17-18)12-13-26-22(27)15-24(16-23(26)28)9-4-5-10-24;3-1(4)2(5)6/h6-8,18H,3-5,9-17H2,1-2H3;(H,3,4)(H,5,6). The van der Waals surface area contributed by atoms with Gasteiger partial charge in [0.15, 0.2) is 0 Å². The first-order chi connectivity index (χ1) is 17.2. The van der Waals surface area contributed by atoms with E-state index in [1.54, 1.807) is 7.11 Å². The fourth-order valence-corrected chi connectivity index (χ4v) is 5.54. The molecule has 2 fully saturated rings. The van der Waals surface area contributed by atoms with Crippen LogP contribution in [0.5, 0.6) is 11.5 Å². The van der Waals surface area contributed by atoms with Gasteiger partial charge in [-0.2, -0.15) is 0 Å². The van der Waals surface area contributed by atoms with Crippen LogP contribution < -0.4 is 9.47 Å². The molecular formula is C26H36N2O8. The molecule has 4 rings (SSSR count). The molecule has 3 aliphatic rings. The number of carboxylic acid groups (broad SMARTS) is 2. The van der Waals surface area contributed by atoms with E-state index in [2.05, 4.69) is 11.8 Å². The summed E-state index contributed by atoms with van der Waals surface area (Å²) in [7, 11) is 1.69.